The minimum absolute atomic E-state index is 0.239. The molecule has 1 saturated carbocycles. The summed E-state index contributed by atoms with van der Waals surface area (Å²) in [4.78, 5) is 14.3. The van der Waals surface area contributed by atoms with Gasteiger partial charge < -0.3 is 15.2 Å². The maximum atomic E-state index is 11.9. The summed E-state index contributed by atoms with van der Waals surface area (Å²) in [7, 11) is 1.43. The van der Waals surface area contributed by atoms with Gasteiger partial charge in [-0.25, -0.2) is 0 Å². The molecule has 1 saturated heterocycles. The third kappa shape index (κ3) is 3.32. The Morgan fingerprint density at radius 1 is 1.40 bits per heavy atom. The number of rotatable bonds is 4. The first-order valence-corrected chi connectivity index (χ1v) is 7.71. The SMILES string of the molecule is COC(=O)C1(N)CCCC1CCN1CC(C)OC(C)C1. The van der Waals surface area contributed by atoms with Crippen LogP contribution < -0.4 is 5.73 Å². The number of nitrogens with zero attached hydrogens (tertiary/aromatic N) is 1. The Morgan fingerprint density at radius 3 is 2.65 bits per heavy atom. The topological polar surface area (TPSA) is 64.8 Å². The zero-order valence-electron chi connectivity index (χ0n) is 12.9. The maximum Gasteiger partial charge on any atom is 0.326 e. The van der Waals surface area contributed by atoms with Crippen LogP contribution in [0, 0.1) is 5.92 Å². The van der Waals surface area contributed by atoms with Crippen LogP contribution in [0.2, 0.25) is 0 Å². The van der Waals surface area contributed by atoms with Crippen LogP contribution >= 0.6 is 0 Å². The number of hydrogen-bond acceptors (Lipinski definition) is 5. The second-order valence-electron chi connectivity index (χ2n) is 6.43. The van der Waals surface area contributed by atoms with Crippen LogP contribution in [0.3, 0.4) is 0 Å². The number of nitrogens with two attached hydrogens (primary N) is 1. The zero-order chi connectivity index (χ0) is 14.8. The fraction of sp³-hybridized carbons (Fsp3) is 0.933. The standard InChI is InChI=1S/C15H28N2O3/c1-11-9-17(10-12(2)20-11)8-6-13-5-4-7-15(13,16)14(18)19-3/h11-13H,4-10,16H2,1-3H3. The fourth-order valence-corrected chi connectivity index (χ4v) is 3.77. The van der Waals surface area contributed by atoms with Gasteiger partial charge in [-0.1, -0.05) is 6.42 Å². The third-order valence-corrected chi connectivity index (χ3v) is 4.73. The quantitative estimate of drug-likeness (QED) is 0.785. The number of ether oxygens (including phenoxy) is 2. The summed E-state index contributed by atoms with van der Waals surface area (Å²) in [5, 5.41) is 0. The summed E-state index contributed by atoms with van der Waals surface area (Å²) in [5.41, 5.74) is 5.54. The Morgan fingerprint density at radius 2 is 2.05 bits per heavy atom. The zero-order valence-corrected chi connectivity index (χ0v) is 12.9. The van der Waals surface area contributed by atoms with Crippen molar-refractivity contribution in [3.8, 4) is 0 Å². The van der Waals surface area contributed by atoms with Crippen LogP contribution in [0.1, 0.15) is 39.5 Å². The average Bonchev–Trinajstić information content (AvgIpc) is 2.77. The van der Waals surface area contributed by atoms with E-state index >= 15 is 0 Å². The number of esters is 1. The molecular weight excluding hydrogens is 256 g/mol. The molecule has 2 rings (SSSR count). The Hall–Kier alpha value is -0.650. The lowest BCUT2D eigenvalue weighted by atomic mass is 9.85. The van der Waals surface area contributed by atoms with Crippen molar-refractivity contribution in [2.45, 2.75) is 57.3 Å². The van der Waals surface area contributed by atoms with Gasteiger partial charge in [-0.15, -0.1) is 0 Å². The normalized spacial score (nSPS) is 38.9. The molecule has 4 atom stereocenters. The van der Waals surface area contributed by atoms with Crippen molar-refractivity contribution in [3.63, 3.8) is 0 Å². The summed E-state index contributed by atoms with van der Waals surface area (Å²) in [6.07, 6.45) is 4.33. The molecular formula is C15H28N2O3. The monoisotopic (exact) mass is 284 g/mol. The number of carbonyl (C=O) groups excluding carboxylic acids is 1. The van der Waals surface area contributed by atoms with E-state index in [1.54, 1.807) is 0 Å². The van der Waals surface area contributed by atoms with E-state index < -0.39 is 5.54 Å². The lowest BCUT2D eigenvalue weighted by Crippen LogP contribution is -2.53. The van der Waals surface area contributed by atoms with Crippen LogP contribution in [0.4, 0.5) is 0 Å². The smallest absolute Gasteiger partial charge is 0.326 e. The third-order valence-electron chi connectivity index (χ3n) is 4.73. The highest BCUT2D eigenvalue weighted by Crippen LogP contribution is 2.37. The molecule has 5 heteroatoms. The van der Waals surface area contributed by atoms with Crippen molar-refractivity contribution < 1.29 is 14.3 Å². The molecule has 4 unspecified atom stereocenters. The van der Waals surface area contributed by atoms with Gasteiger partial charge in [-0.3, -0.25) is 9.69 Å². The molecule has 1 aliphatic carbocycles. The lowest BCUT2D eigenvalue weighted by molar-refractivity contribution is -0.148. The van der Waals surface area contributed by atoms with Gasteiger partial charge in [0.15, 0.2) is 0 Å². The van der Waals surface area contributed by atoms with Gasteiger partial charge in [0, 0.05) is 13.1 Å². The van der Waals surface area contributed by atoms with E-state index in [2.05, 4.69) is 18.7 Å². The fourth-order valence-electron chi connectivity index (χ4n) is 3.77. The molecule has 5 nitrogen and oxygen atoms in total. The summed E-state index contributed by atoms with van der Waals surface area (Å²) >= 11 is 0. The molecule has 0 aromatic heterocycles. The molecule has 0 aromatic rings. The van der Waals surface area contributed by atoms with E-state index in [0.29, 0.717) is 0 Å². The van der Waals surface area contributed by atoms with Crippen LogP contribution in [-0.2, 0) is 14.3 Å². The molecule has 0 radical (unpaired) electrons. The molecule has 20 heavy (non-hydrogen) atoms. The first kappa shape index (κ1) is 15.7. The molecule has 2 aliphatic rings. The second kappa shape index (κ2) is 6.41. The molecule has 0 bridgehead atoms. The summed E-state index contributed by atoms with van der Waals surface area (Å²) in [5.74, 6) is -0.00730. The Kier molecular flexibility index (Phi) is 5.04. The van der Waals surface area contributed by atoms with Crippen LogP contribution in [0.25, 0.3) is 0 Å². The molecule has 2 fully saturated rings. The minimum Gasteiger partial charge on any atom is -0.468 e. The van der Waals surface area contributed by atoms with Crippen molar-refractivity contribution in [1.82, 2.24) is 4.90 Å². The van der Waals surface area contributed by atoms with E-state index in [9.17, 15) is 4.79 Å². The van der Waals surface area contributed by atoms with Crippen molar-refractivity contribution in [1.29, 1.82) is 0 Å². The molecule has 1 heterocycles. The first-order chi connectivity index (χ1) is 9.45. The van der Waals surface area contributed by atoms with Gasteiger partial charge in [-0.05, 0) is 45.6 Å². The number of methoxy groups -OCH3 is 1. The van der Waals surface area contributed by atoms with Gasteiger partial charge in [0.25, 0.3) is 0 Å². The highest BCUT2D eigenvalue weighted by Gasteiger charge is 2.46. The number of morpholine rings is 1. The average molecular weight is 284 g/mol. The first-order valence-electron chi connectivity index (χ1n) is 7.71. The van der Waals surface area contributed by atoms with Crippen LogP contribution in [0.15, 0.2) is 0 Å². The largest absolute Gasteiger partial charge is 0.468 e. The van der Waals surface area contributed by atoms with Gasteiger partial charge in [-0.2, -0.15) is 0 Å². The molecule has 0 spiro atoms. The Balaban J connectivity index is 1.88. The van der Waals surface area contributed by atoms with Crippen molar-refractivity contribution in [3.05, 3.63) is 0 Å². The predicted octanol–water partition coefficient (Wildman–Crippen LogP) is 1.16. The van der Waals surface area contributed by atoms with Gasteiger partial charge >= 0.3 is 5.97 Å². The molecule has 0 amide bonds. The van der Waals surface area contributed by atoms with Gasteiger partial charge in [0.1, 0.15) is 5.54 Å². The van der Waals surface area contributed by atoms with E-state index in [-0.39, 0.29) is 24.1 Å². The predicted molar refractivity (Wildman–Crippen MR) is 77.3 cm³/mol. The van der Waals surface area contributed by atoms with E-state index in [4.69, 9.17) is 15.2 Å². The number of hydrogen-bond donors (Lipinski definition) is 1. The number of carbonyl (C=O) groups is 1. The lowest BCUT2D eigenvalue weighted by Gasteiger charge is -2.37. The molecule has 0 aromatic carbocycles. The highest BCUT2D eigenvalue weighted by molar-refractivity contribution is 5.81. The van der Waals surface area contributed by atoms with Crippen LogP contribution in [0.5, 0.6) is 0 Å². The van der Waals surface area contributed by atoms with E-state index in [0.717, 1.165) is 45.3 Å². The Bertz CT molecular complexity index is 340. The summed E-state index contributed by atoms with van der Waals surface area (Å²) in [6.45, 7) is 7.14. The summed E-state index contributed by atoms with van der Waals surface area (Å²) in [6, 6.07) is 0. The minimum atomic E-state index is -0.766. The summed E-state index contributed by atoms with van der Waals surface area (Å²) < 4.78 is 10.6. The maximum absolute atomic E-state index is 11.9. The van der Waals surface area contributed by atoms with Crippen molar-refractivity contribution in [2.24, 2.45) is 11.7 Å². The van der Waals surface area contributed by atoms with Crippen molar-refractivity contribution in [2.75, 3.05) is 26.7 Å². The van der Waals surface area contributed by atoms with E-state index in [1.165, 1.54) is 7.11 Å². The van der Waals surface area contributed by atoms with Crippen LogP contribution in [-0.4, -0.2) is 55.4 Å². The molecule has 1 aliphatic heterocycles. The van der Waals surface area contributed by atoms with Gasteiger partial charge in [0.05, 0.1) is 19.3 Å². The Labute approximate surface area is 121 Å². The molecule has 2 N–H and O–H groups in total. The molecule has 116 valence electrons. The van der Waals surface area contributed by atoms with Gasteiger partial charge in [0.2, 0.25) is 0 Å². The van der Waals surface area contributed by atoms with E-state index in [1.807, 2.05) is 0 Å². The van der Waals surface area contributed by atoms with Crippen molar-refractivity contribution >= 4 is 5.97 Å². The highest BCUT2D eigenvalue weighted by atomic mass is 16.5. The second-order valence-corrected chi connectivity index (χ2v) is 6.43.